The van der Waals surface area contributed by atoms with Gasteiger partial charge in [0.05, 0.1) is 16.2 Å². The molecule has 3 rings (SSSR count). The number of carbonyl (C=O) groups excluding carboxylic acids is 1. The summed E-state index contributed by atoms with van der Waals surface area (Å²) in [5.74, 6) is -0.944. The van der Waals surface area contributed by atoms with Gasteiger partial charge in [-0.05, 0) is 56.2 Å². The molecule has 1 heterocycles. The summed E-state index contributed by atoms with van der Waals surface area (Å²) in [4.78, 5) is 23.2. The second-order valence-electron chi connectivity index (χ2n) is 6.93. The van der Waals surface area contributed by atoms with Crippen LogP contribution >= 0.6 is 0 Å². The van der Waals surface area contributed by atoms with E-state index in [1.54, 1.807) is 37.5 Å². The molecule has 0 aliphatic heterocycles. The Morgan fingerprint density at radius 2 is 2.00 bits per heavy atom. The fourth-order valence-electron chi connectivity index (χ4n) is 3.20. The number of hydrogen-bond donors (Lipinski definition) is 1. The normalized spacial score (nSPS) is 10.4. The number of nitriles is 1. The van der Waals surface area contributed by atoms with Gasteiger partial charge >= 0.3 is 5.69 Å². The number of rotatable bonds is 6. The third-order valence-corrected chi connectivity index (χ3v) is 4.82. The standard InChI is InChI=1S/C22H19FN4O4/c1-13-7-8-19(27(29)30)20(9-13)31-12-21(28)25-22-18(11-24)14(2)15(3)26(22)17-6-4-5-16(23)10-17/h4-10H,12H2,1-3H3,(H,25,28). The Bertz CT molecular complexity index is 1230. The smallest absolute Gasteiger partial charge is 0.310 e. The van der Waals surface area contributed by atoms with E-state index in [1.165, 1.54) is 30.3 Å². The van der Waals surface area contributed by atoms with Crippen molar-refractivity contribution < 1.29 is 18.8 Å². The molecule has 0 atom stereocenters. The first-order chi connectivity index (χ1) is 14.7. The SMILES string of the molecule is Cc1ccc([N+](=O)[O-])c(OCC(=O)Nc2c(C#N)c(C)c(C)n2-c2cccc(F)c2)c1. The molecule has 0 saturated heterocycles. The zero-order valence-corrected chi connectivity index (χ0v) is 17.1. The Hall–Kier alpha value is -4.19. The van der Waals surface area contributed by atoms with E-state index in [2.05, 4.69) is 11.4 Å². The number of amides is 1. The minimum atomic E-state index is -0.623. The molecule has 9 heteroatoms. The van der Waals surface area contributed by atoms with Crippen LogP contribution in [0.25, 0.3) is 5.69 Å². The lowest BCUT2D eigenvalue weighted by Gasteiger charge is -2.14. The van der Waals surface area contributed by atoms with Crippen LogP contribution in [0, 0.1) is 48.0 Å². The minimum absolute atomic E-state index is 0.0338. The summed E-state index contributed by atoms with van der Waals surface area (Å²) in [6, 6.07) is 12.2. The number of nitro groups is 1. The number of nitrogens with one attached hydrogen (secondary N) is 1. The van der Waals surface area contributed by atoms with Gasteiger partial charge in [-0.25, -0.2) is 4.39 Å². The lowest BCUT2D eigenvalue weighted by atomic mass is 10.2. The van der Waals surface area contributed by atoms with Gasteiger partial charge in [-0.15, -0.1) is 0 Å². The molecule has 8 nitrogen and oxygen atoms in total. The van der Waals surface area contributed by atoms with Crippen LogP contribution in [0.3, 0.4) is 0 Å². The van der Waals surface area contributed by atoms with Crippen molar-refractivity contribution in [3.63, 3.8) is 0 Å². The summed E-state index contributed by atoms with van der Waals surface area (Å²) in [6.07, 6.45) is 0. The highest BCUT2D eigenvalue weighted by Gasteiger charge is 2.22. The molecule has 0 aliphatic rings. The van der Waals surface area contributed by atoms with E-state index >= 15 is 0 Å². The summed E-state index contributed by atoms with van der Waals surface area (Å²) >= 11 is 0. The van der Waals surface area contributed by atoms with Gasteiger partial charge in [-0.1, -0.05) is 12.1 Å². The van der Waals surface area contributed by atoms with Gasteiger partial charge in [0.1, 0.15) is 17.7 Å². The van der Waals surface area contributed by atoms with Gasteiger partial charge < -0.3 is 10.1 Å². The number of benzene rings is 2. The minimum Gasteiger partial charge on any atom is -0.477 e. The van der Waals surface area contributed by atoms with Crippen molar-refractivity contribution in [2.24, 2.45) is 0 Å². The molecular weight excluding hydrogens is 403 g/mol. The third kappa shape index (κ3) is 4.38. The molecule has 31 heavy (non-hydrogen) atoms. The van der Waals surface area contributed by atoms with Crippen LogP contribution in [-0.2, 0) is 4.79 Å². The highest BCUT2D eigenvalue weighted by atomic mass is 19.1. The molecule has 1 amide bonds. The number of aromatic nitrogens is 1. The van der Waals surface area contributed by atoms with Crippen molar-refractivity contribution in [2.45, 2.75) is 20.8 Å². The first kappa shape index (κ1) is 21.5. The Labute approximate surface area is 177 Å². The van der Waals surface area contributed by atoms with Crippen molar-refractivity contribution in [2.75, 3.05) is 11.9 Å². The second-order valence-corrected chi connectivity index (χ2v) is 6.93. The zero-order valence-electron chi connectivity index (χ0n) is 17.1. The van der Waals surface area contributed by atoms with E-state index in [0.717, 1.165) is 5.56 Å². The number of aryl methyl sites for hydroxylation is 1. The number of ether oxygens (including phenoxy) is 1. The Kier molecular flexibility index (Phi) is 6.02. The topological polar surface area (TPSA) is 110 Å². The van der Waals surface area contributed by atoms with E-state index < -0.39 is 23.3 Å². The first-order valence-corrected chi connectivity index (χ1v) is 9.28. The Morgan fingerprint density at radius 1 is 1.26 bits per heavy atom. The lowest BCUT2D eigenvalue weighted by Crippen LogP contribution is -2.22. The van der Waals surface area contributed by atoms with Crippen LogP contribution in [0.1, 0.15) is 22.4 Å². The zero-order chi connectivity index (χ0) is 22.7. The molecule has 0 unspecified atom stereocenters. The Balaban J connectivity index is 1.90. The fourth-order valence-corrected chi connectivity index (χ4v) is 3.20. The molecule has 0 radical (unpaired) electrons. The highest BCUT2D eigenvalue weighted by molar-refractivity contribution is 5.93. The summed E-state index contributed by atoms with van der Waals surface area (Å²) in [7, 11) is 0. The summed E-state index contributed by atoms with van der Waals surface area (Å²) in [5.41, 5.74) is 2.44. The van der Waals surface area contributed by atoms with Crippen LogP contribution in [0.4, 0.5) is 15.9 Å². The second kappa shape index (κ2) is 8.67. The quantitative estimate of drug-likeness (QED) is 0.469. The van der Waals surface area contributed by atoms with Crippen LogP contribution in [0.5, 0.6) is 5.75 Å². The number of carbonyl (C=O) groups is 1. The van der Waals surface area contributed by atoms with Crippen LogP contribution in [0.2, 0.25) is 0 Å². The van der Waals surface area contributed by atoms with Crippen molar-refractivity contribution in [3.05, 3.63) is 80.8 Å². The molecule has 1 aromatic heterocycles. The van der Waals surface area contributed by atoms with Crippen LogP contribution in [-0.4, -0.2) is 22.0 Å². The number of nitro benzene ring substituents is 1. The molecule has 158 valence electrons. The molecule has 0 spiro atoms. The van der Waals surface area contributed by atoms with E-state index in [4.69, 9.17) is 4.74 Å². The largest absolute Gasteiger partial charge is 0.477 e. The highest BCUT2D eigenvalue weighted by Crippen LogP contribution is 2.31. The third-order valence-electron chi connectivity index (χ3n) is 4.82. The first-order valence-electron chi connectivity index (χ1n) is 9.28. The van der Waals surface area contributed by atoms with Gasteiger partial charge in [0.2, 0.25) is 0 Å². The van der Waals surface area contributed by atoms with Crippen LogP contribution < -0.4 is 10.1 Å². The maximum absolute atomic E-state index is 13.8. The van der Waals surface area contributed by atoms with E-state index in [9.17, 15) is 24.6 Å². The van der Waals surface area contributed by atoms with Gasteiger partial charge in [0, 0.05) is 11.8 Å². The average Bonchev–Trinajstić information content (AvgIpc) is 2.95. The summed E-state index contributed by atoms with van der Waals surface area (Å²) in [5, 5.41) is 23.4. The van der Waals surface area contributed by atoms with Crippen molar-refractivity contribution in [3.8, 4) is 17.5 Å². The molecule has 3 aromatic rings. The molecule has 2 aromatic carbocycles. The molecule has 0 bridgehead atoms. The molecule has 0 saturated carbocycles. The summed E-state index contributed by atoms with van der Waals surface area (Å²) in [6.45, 7) is 4.71. The predicted octanol–water partition coefficient (Wildman–Crippen LogP) is 4.34. The molecule has 1 N–H and O–H groups in total. The van der Waals surface area contributed by atoms with Crippen molar-refractivity contribution in [1.82, 2.24) is 4.57 Å². The van der Waals surface area contributed by atoms with Crippen molar-refractivity contribution in [1.29, 1.82) is 5.26 Å². The van der Waals surface area contributed by atoms with Gasteiger partial charge in [-0.2, -0.15) is 5.26 Å². The van der Waals surface area contributed by atoms with E-state index in [1.807, 2.05) is 0 Å². The molecule has 0 aliphatic carbocycles. The maximum Gasteiger partial charge on any atom is 0.310 e. The van der Waals surface area contributed by atoms with E-state index in [0.29, 0.717) is 16.9 Å². The fraction of sp³-hybridized carbons (Fsp3) is 0.182. The van der Waals surface area contributed by atoms with Gasteiger partial charge in [-0.3, -0.25) is 19.5 Å². The Morgan fingerprint density at radius 3 is 2.65 bits per heavy atom. The number of nitrogens with zero attached hydrogens (tertiary/aromatic N) is 3. The number of hydrogen-bond acceptors (Lipinski definition) is 5. The summed E-state index contributed by atoms with van der Waals surface area (Å²) < 4.78 is 20.7. The van der Waals surface area contributed by atoms with E-state index in [-0.39, 0.29) is 22.8 Å². The lowest BCUT2D eigenvalue weighted by molar-refractivity contribution is -0.385. The average molecular weight is 422 g/mol. The predicted molar refractivity (Wildman–Crippen MR) is 112 cm³/mol. The molecular formula is C22H19FN4O4. The number of anilines is 1. The van der Waals surface area contributed by atoms with Crippen molar-refractivity contribution >= 4 is 17.4 Å². The van der Waals surface area contributed by atoms with Crippen LogP contribution in [0.15, 0.2) is 42.5 Å². The maximum atomic E-state index is 13.8. The molecule has 0 fully saturated rings. The van der Waals surface area contributed by atoms with Gasteiger partial charge in [0.25, 0.3) is 5.91 Å². The van der Waals surface area contributed by atoms with Gasteiger partial charge in [0.15, 0.2) is 12.4 Å². The number of halogens is 1. The monoisotopic (exact) mass is 422 g/mol.